The van der Waals surface area contributed by atoms with Crippen molar-refractivity contribution in [2.45, 2.75) is 110 Å². The Balaban J connectivity index is 1.53. The average molecular weight is 597 g/mol. The molecule has 2 aromatic carbocycles. The second-order valence-electron chi connectivity index (χ2n) is 11.0. The number of carbonyl (C=O) groups excluding carboxylic acids is 2. The summed E-state index contributed by atoms with van der Waals surface area (Å²) in [5.41, 5.74) is 2.65. The molecule has 1 aliphatic rings. The van der Waals surface area contributed by atoms with Crippen molar-refractivity contribution in [2.24, 2.45) is 0 Å². The third-order valence-corrected chi connectivity index (χ3v) is 8.28. The fraction of sp³-hybridized carbons (Fsp3) is 0.529. The zero-order valence-corrected chi connectivity index (χ0v) is 25.5. The van der Waals surface area contributed by atoms with Gasteiger partial charge in [-0.25, -0.2) is 0 Å². The number of hydrogen-bond donors (Lipinski definition) is 1. The molecule has 1 saturated heterocycles. The lowest BCUT2D eigenvalue weighted by molar-refractivity contribution is -0.139. The summed E-state index contributed by atoms with van der Waals surface area (Å²) in [6, 6.07) is 14.5. The molecule has 0 spiro atoms. The monoisotopic (exact) mass is 595 g/mol. The first-order valence-corrected chi connectivity index (χ1v) is 15.8. The van der Waals surface area contributed by atoms with E-state index < -0.39 is 17.7 Å². The highest BCUT2D eigenvalue weighted by Crippen LogP contribution is 2.40. The van der Waals surface area contributed by atoms with Gasteiger partial charge in [-0.2, -0.15) is 0 Å². The lowest BCUT2D eigenvalue weighted by atomic mass is 9.94. The van der Waals surface area contributed by atoms with E-state index in [1.807, 2.05) is 43.3 Å². The first-order chi connectivity index (χ1) is 18.9. The van der Waals surface area contributed by atoms with Crippen LogP contribution in [0.2, 0.25) is 0 Å². The lowest BCUT2D eigenvalue weighted by Gasteiger charge is -2.25. The predicted octanol–water partition coefficient (Wildman–Crippen LogP) is 9.66. The molecule has 0 radical (unpaired) electrons. The van der Waals surface area contributed by atoms with Crippen molar-refractivity contribution in [1.29, 1.82) is 0 Å². The van der Waals surface area contributed by atoms with Crippen molar-refractivity contribution in [3.63, 3.8) is 0 Å². The number of likely N-dealkylation sites (tertiary alicyclic amines) is 1. The van der Waals surface area contributed by atoms with Crippen LogP contribution in [0.4, 0.5) is 0 Å². The summed E-state index contributed by atoms with van der Waals surface area (Å²) in [7, 11) is 0. The molecule has 0 aromatic heterocycles. The molecule has 2 aromatic rings. The van der Waals surface area contributed by atoms with Crippen molar-refractivity contribution in [1.82, 2.24) is 4.90 Å². The van der Waals surface area contributed by atoms with Crippen LogP contribution in [0.15, 0.2) is 58.6 Å². The first kappa shape index (κ1) is 31.1. The Labute approximate surface area is 244 Å². The van der Waals surface area contributed by atoms with Crippen molar-refractivity contribution in [3.05, 3.63) is 75.3 Å². The van der Waals surface area contributed by atoms with E-state index in [1.165, 1.54) is 70.6 Å². The number of aliphatic hydroxyl groups excluding tert-OH is 1. The van der Waals surface area contributed by atoms with Crippen molar-refractivity contribution in [2.75, 3.05) is 6.54 Å². The second-order valence-corrected chi connectivity index (χ2v) is 11.9. The fourth-order valence-corrected chi connectivity index (χ4v) is 5.87. The van der Waals surface area contributed by atoms with E-state index in [2.05, 4.69) is 22.9 Å². The number of rotatable bonds is 17. The molecule has 1 amide bonds. The zero-order chi connectivity index (χ0) is 28.0. The van der Waals surface area contributed by atoms with Gasteiger partial charge in [-0.3, -0.25) is 9.59 Å². The van der Waals surface area contributed by atoms with Gasteiger partial charge in [-0.1, -0.05) is 148 Å². The number of unbranched alkanes of at least 4 members (excludes halogenated alkanes) is 13. The van der Waals surface area contributed by atoms with Gasteiger partial charge in [0.1, 0.15) is 5.76 Å². The van der Waals surface area contributed by atoms with E-state index in [0.29, 0.717) is 12.1 Å². The van der Waals surface area contributed by atoms with Crippen LogP contribution in [0.3, 0.4) is 0 Å². The third kappa shape index (κ3) is 9.34. The van der Waals surface area contributed by atoms with Crippen LogP contribution in [0.25, 0.3) is 5.76 Å². The van der Waals surface area contributed by atoms with E-state index in [1.54, 1.807) is 17.0 Å². The van der Waals surface area contributed by atoms with Gasteiger partial charge in [0.25, 0.3) is 11.7 Å². The highest BCUT2D eigenvalue weighted by molar-refractivity contribution is 9.10. The lowest BCUT2D eigenvalue weighted by Crippen LogP contribution is -2.30. The van der Waals surface area contributed by atoms with Crippen molar-refractivity contribution >= 4 is 33.4 Å². The molecule has 0 bridgehead atoms. The number of nitrogens with zero attached hydrogens (tertiary/aromatic N) is 1. The Hall–Kier alpha value is -2.40. The predicted molar refractivity (Wildman–Crippen MR) is 165 cm³/mol. The normalized spacial score (nSPS) is 16.8. The Bertz CT molecular complexity index is 1090. The maximum atomic E-state index is 13.2. The maximum Gasteiger partial charge on any atom is 0.295 e. The molecular formula is C34H46BrNO3. The molecule has 1 heterocycles. The highest BCUT2D eigenvalue weighted by atomic mass is 79.9. The molecule has 0 saturated carbocycles. The van der Waals surface area contributed by atoms with Crippen LogP contribution in [0.5, 0.6) is 0 Å². The van der Waals surface area contributed by atoms with Gasteiger partial charge < -0.3 is 10.0 Å². The highest BCUT2D eigenvalue weighted by Gasteiger charge is 2.45. The minimum atomic E-state index is -0.608. The molecule has 1 N–H and O–H groups in total. The number of halogens is 1. The largest absolute Gasteiger partial charge is 0.507 e. The number of amides is 1. The summed E-state index contributed by atoms with van der Waals surface area (Å²) < 4.78 is 0.801. The number of aliphatic hydroxyl groups is 1. The van der Waals surface area contributed by atoms with E-state index in [4.69, 9.17) is 0 Å². The quantitative estimate of drug-likeness (QED) is 0.0856. The second kappa shape index (κ2) is 16.6. The molecule has 4 nitrogen and oxygen atoms in total. The average Bonchev–Trinajstić information content (AvgIpc) is 3.18. The van der Waals surface area contributed by atoms with Crippen LogP contribution in [-0.4, -0.2) is 28.2 Å². The molecule has 3 rings (SSSR count). The van der Waals surface area contributed by atoms with Gasteiger partial charge in [0.05, 0.1) is 11.6 Å². The molecule has 1 atom stereocenters. The minimum Gasteiger partial charge on any atom is -0.507 e. The Kier molecular flexibility index (Phi) is 13.3. The number of Topliss-reactive ketones (excluding diaryl/α,β-unsaturated/α-hetero) is 1. The maximum absolute atomic E-state index is 13.2. The molecule has 1 aliphatic heterocycles. The molecule has 1 fully saturated rings. The molecular weight excluding hydrogens is 550 g/mol. The van der Waals surface area contributed by atoms with Crippen LogP contribution in [0.1, 0.15) is 120 Å². The van der Waals surface area contributed by atoms with Gasteiger partial charge in [-0.15, -0.1) is 0 Å². The number of aryl methyl sites for hydroxylation is 1. The summed E-state index contributed by atoms with van der Waals surface area (Å²) in [4.78, 5) is 28.0. The summed E-state index contributed by atoms with van der Waals surface area (Å²) in [6.45, 7) is 4.79. The van der Waals surface area contributed by atoms with Crippen LogP contribution in [0, 0.1) is 6.92 Å². The Morgan fingerprint density at radius 1 is 0.795 bits per heavy atom. The topological polar surface area (TPSA) is 57.6 Å². The van der Waals surface area contributed by atoms with E-state index in [-0.39, 0.29) is 11.3 Å². The molecule has 212 valence electrons. The zero-order valence-electron chi connectivity index (χ0n) is 23.9. The summed E-state index contributed by atoms with van der Waals surface area (Å²) in [6.07, 6.45) is 17.8. The third-order valence-electron chi connectivity index (χ3n) is 7.78. The standard InChI is InChI=1S/C34H46BrNO3/c1-3-4-5-6-7-8-9-10-11-12-13-14-15-16-24-36-31(27-22-20-26(2)21-23-27)30(33(38)34(36)39)32(37)28-18-17-19-29(35)25-28/h17-23,25,31,37H,3-16,24H2,1-2H3/b32-30+. The van der Waals surface area contributed by atoms with Crippen molar-refractivity contribution < 1.29 is 14.7 Å². The van der Waals surface area contributed by atoms with E-state index in [0.717, 1.165) is 34.9 Å². The molecule has 39 heavy (non-hydrogen) atoms. The van der Waals surface area contributed by atoms with Crippen LogP contribution >= 0.6 is 15.9 Å². The smallest absolute Gasteiger partial charge is 0.295 e. The summed E-state index contributed by atoms with van der Waals surface area (Å²) >= 11 is 3.44. The van der Waals surface area contributed by atoms with Crippen molar-refractivity contribution in [3.8, 4) is 0 Å². The van der Waals surface area contributed by atoms with E-state index >= 15 is 0 Å². The summed E-state index contributed by atoms with van der Waals surface area (Å²) in [5.74, 6) is -1.25. The first-order valence-electron chi connectivity index (χ1n) is 15.0. The van der Waals surface area contributed by atoms with Gasteiger partial charge in [0, 0.05) is 16.6 Å². The Morgan fingerprint density at radius 3 is 1.87 bits per heavy atom. The van der Waals surface area contributed by atoms with Gasteiger partial charge in [0.2, 0.25) is 0 Å². The van der Waals surface area contributed by atoms with Gasteiger partial charge in [-0.05, 0) is 31.0 Å². The molecule has 5 heteroatoms. The minimum absolute atomic E-state index is 0.122. The summed E-state index contributed by atoms with van der Waals surface area (Å²) in [5, 5.41) is 11.2. The van der Waals surface area contributed by atoms with Gasteiger partial charge in [0.15, 0.2) is 0 Å². The number of benzene rings is 2. The number of carbonyl (C=O) groups is 2. The number of ketones is 1. The van der Waals surface area contributed by atoms with Crippen LogP contribution < -0.4 is 0 Å². The Morgan fingerprint density at radius 2 is 1.33 bits per heavy atom. The van der Waals surface area contributed by atoms with Gasteiger partial charge >= 0.3 is 0 Å². The molecule has 0 aliphatic carbocycles. The SMILES string of the molecule is CCCCCCCCCCCCCCCCN1C(=O)C(=O)/C(=C(/O)c2cccc(Br)c2)C1c1ccc(C)cc1. The number of hydrogen-bond acceptors (Lipinski definition) is 3. The fourth-order valence-electron chi connectivity index (χ4n) is 5.47. The van der Waals surface area contributed by atoms with Crippen LogP contribution in [-0.2, 0) is 9.59 Å². The van der Waals surface area contributed by atoms with E-state index in [9.17, 15) is 14.7 Å². The molecule has 1 unspecified atom stereocenters.